The van der Waals surface area contributed by atoms with Gasteiger partial charge in [-0.05, 0) is 32.9 Å². The zero-order valence-electron chi connectivity index (χ0n) is 10.1. The maximum absolute atomic E-state index is 11.7. The number of rotatable bonds is 4. The van der Waals surface area contributed by atoms with Crippen LogP contribution in [-0.4, -0.2) is 23.5 Å². The summed E-state index contributed by atoms with van der Waals surface area (Å²) in [6.45, 7) is 4.69. The lowest BCUT2D eigenvalue weighted by atomic mass is 10.1. The van der Waals surface area contributed by atoms with E-state index in [0.717, 1.165) is 0 Å². The summed E-state index contributed by atoms with van der Waals surface area (Å²) in [5.41, 5.74) is 0.0807. The van der Waals surface area contributed by atoms with Gasteiger partial charge in [-0.3, -0.25) is 9.59 Å². The SMILES string of the molecule is CC(=O)c1ccc(C(=O)NC(C)(C)C=O)cc1. The number of carbonyl (C=O) groups excluding carboxylic acids is 3. The second kappa shape index (κ2) is 4.91. The summed E-state index contributed by atoms with van der Waals surface area (Å²) in [5, 5.41) is 2.58. The van der Waals surface area contributed by atoms with E-state index < -0.39 is 5.54 Å². The zero-order chi connectivity index (χ0) is 13.1. The van der Waals surface area contributed by atoms with Gasteiger partial charge in [0.25, 0.3) is 5.91 Å². The molecule has 1 N–H and O–H groups in total. The predicted molar refractivity (Wildman–Crippen MR) is 64.1 cm³/mol. The molecule has 17 heavy (non-hydrogen) atoms. The molecule has 0 aliphatic rings. The highest BCUT2D eigenvalue weighted by Gasteiger charge is 2.19. The lowest BCUT2D eigenvalue weighted by Crippen LogP contribution is -2.44. The second-order valence-electron chi connectivity index (χ2n) is 4.43. The van der Waals surface area contributed by atoms with Crippen molar-refractivity contribution < 1.29 is 14.4 Å². The fraction of sp³-hybridized carbons (Fsp3) is 0.308. The molecule has 0 fully saturated rings. The van der Waals surface area contributed by atoms with Crippen LogP contribution in [0.4, 0.5) is 0 Å². The van der Waals surface area contributed by atoms with Gasteiger partial charge in [0, 0.05) is 11.1 Å². The molecule has 90 valence electrons. The number of nitrogens with one attached hydrogen (secondary N) is 1. The van der Waals surface area contributed by atoms with Crippen LogP contribution >= 0.6 is 0 Å². The van der Waals surface area contributed by atoms with Crippen LogP contribution in [0, 0.1) is 0 Å². The van der Waals surface area contributed by atoms with E-state index in [0.29, 0.717) is 17.4 Å². The normalized spacial score (nSPS) is 10.8. The minimum absolute atomic E-state index is 0.0508. The Labute approximate surface area is 100 Å². The first-order valence-corrected chi connectivity index (χ1v) is 5.25. The molecule has 0 saturated carbocycles. The third kappa shape index (κ3) is 3.52. The molecule has 0 atom stereocenters. The van der Waals surface area contributed by atoms with E-state index >= 15 is 0 Å². The Morgan fingerprint density at radius 1 is 1.12 bits per heavy atom. The summed E-state index contributed by atoms with van der Waals surface area (Å²) in [4.78, 5) is 33.5. The Bertz CT molecular complexity index is 446. The highest BCUT2D eigenvalue weighted by Crippen LogP contribution is 2.07. The smallest absolute Gasteiger partial charge is 0.252 e. The maximum atomic E-state index is 11.7. The van der Waals surface area contributed by atoms with Crippen molar-refractivity contribution in [3.63, 3.8) is 0 Å². The molecule has 0 heterocycles. The van der Waals surface area contributed by atoms with Gasteiger partial charge in [0.1, 0.15) is 6.29 Å². The van der Waals surface area contributed by atoms with Gasteiger partial charge in [-0.2, -0.15) is 0 Å². The summed E-state index contributed by atoms with van der Waals surface area (Å²) in [6.07, 6.45) is 0.675. The van der Waals surface area contributed by atoms with E-state index in [4.69, 9.17) is 0 Å². The van der Waals surface area contributed by atoms with Crippen molar-refractivity contribution in [1.82, 2.24) is 5.32 Å². The van der Waals surface area contributed by atoms with Gasteiger partial charge in [0.2, 0.25) is 0 Å². The first-order valence-electron chi connectivity index (χ1n) is 5.25. The molecule has 4 heteroatoms. The minimum Gasteiger partial charge on any atom is -0.340 e. The number of Topliss-reactive ketones (excluding diaryl/α,β-unsaturated/α-hetero) is 1. The van der Waals surface area contributed by atoms with Crippen LogP contribution < -0.4 is 5.32 Å². The average molecular weight is 233 g/mol. The van der Waals surface area contributed by atoms with Crippen molar-refractivity contribution in [2.24, 2.45) is 0 Å². The zero-order valence-corrected chi connectivity index (χ0v) is 10.1. The van der Waals surface area contributed by atoms with Crippen molar-refractivity contribution in [1.29, 1.82) is 0 Å². The van der Waals surface area contributed by atoms with Gasteiger partial charge in [0.15, 0.2) is 5.78 Å². The summed E-state index contributed by atoms with van der Waals surface area (Å²) in [5.74, 6) is -0.387. The van der Waals surface area contributed by atoms with Crippen LogP contribution in [0.2, 0.25) is 0 Å². The second-order valence-corrected chi connectivity index (χ2v) is 4.43. The molecule has 0 saturated heterocycles. The summed E-state index contributed by atoms with van der Waals surface area (Å²) >= 11 is 0. The van der Waals surface area contributed by atoms with Crippen molar-refractivity contribution >= 4 is 18.0 Å². The Kier molecular flexibility index (Phi) is 3.78. The maximum Gasteiger partial charge on any atom is 0.252 e. The summed E-state index contributed by atoms with van der Waals surface area (Å²) < 4.78 is 0. The Hall–Kier alpha value is -1.97. The van der Waals surface area contributed by atoms with Crippen LogP contribution in [0.15, 0.2) is 24.3 Å². The molecule has 0 aliphatic heterocycles. The van der Waals surface area contributed by atoms with Gasteiger partial charge in [0.05, 0.1) is 5.54 Å². The third-order valence-corrected chi connectivity index (χ3v) is 2.28. The number of aldehydes is 1. The number of hydrogen-bond acceptors (Lipinski definition) is 3. The fourth-order valence-electron chi connectivity index (χ4n) is 1.25. The number of benzene rings is 1. The summed E-state index contributed by atoms with van der Waals surface area (Å²) in [6, 6.07) is 6.30. The number of carbonyl (C=O) groups is 3. The highest BCUT2D eigenvalue weighted by atomic mass is 16.2. The van der Waals surface area contributed by atoms with Crippen LogP contribution in [0.3, 0.4) is 0 Å². The Balaban J connectivity index is 2.84. The van der Waals surface area contributed by atoms with E-state index in [1.807, 2.05) is 0 Å². The van der Waals surface area contributed by atoms with Crippen molar-refractivity contribution in [2.75, 3.05) is 0 Å². The minimum atomic E-state index is -0.893. The molecular formula is C13H15NO3. The van der Waals surface area contributed by atoms with Gasteiger partial charge in [-0.25, -0.2) is 0 Å². The standard InChI is InChI=1S/C13H15NO3/c1-9(16)10-4-6-11(7-5-10)12(17)14-13(2,3)8-15/h4-8H,1-3H3,(H,14,17). The van der Waals surface area contributed by atoms with Gasteiger partial charge >= 0.3 is 0 Å². The Morgan fingerprint density at radius 3 is 2.00 bits per heavy atom. The van der Waals surface area contributed by atoms with Crippen LogP contribution in [-0.2, 0) is 4.79 Å². The number of hydrogen-bond donors (Lipinski definition) is 1. The van der Waals surface area contributed by atoms with E-state index in [9.17, 15) is 14.4 Å². The summed E-state index contributed by atoms with van der Waals surface area (Å²) in [7, 11) is 0. The lowest BCUT2D eigenvalue weighted by molar-refractivity contribution is -0.112. The van der Waals surface area contributed by atoms with Gasteiger partial charge in [-0.1, -0.05) is 12.1 Å². The van der Waals surface area contributed by atoms with Gasteiger partial charge in [-0.15, -0.1) is 0 Å². The molecule has 0 unspecified atom stereocenters. The van der Waals surface area contributed by atoms with Crippen LogP contribution in [0.25, 0.3) is 0 Å². The molecule has 1 rings (SSSR count). The van der Waals surface area contributed by atoms with E-state index in [1.165, 1.54) is 6.92 Å². The molecule has 1 aromatic carbocycles. The number of amides is 1. The lowest BCUT2D eigenvalue weighted by Gasteiger charge is -2.18. The van der Waals surface area contributed by atoms with Crippen LogP contribution in [0.1, 0.15) is 41.5 Å². The third-order valence-electron chi connectivity index (χ3n) is 2.28. The van der Waals surface area contributed by atoms with E-state index in [-0.39, 0.29) is 11.7 Å². The molecule has 4 nitrogen and oxygen atoms in total. The molecule has 0 aliphatic carbocycles. The average Bonchev–Trinajstić information content (AvgIpc) is 2.28. The molecule has 0 bridgehead atoms. The first kappa shape index (κ1) is 13.1. The van der Waals surface area contributed by atoms with Crippen molar-refractivity contribution in [3.8, 4) is 0 Å². The predicted octanol–water partition coefficient (Wildman–Crippen LogP) is 1.60. The quantitative estimate of drug-likeness (QED) is 0.634. The number of ketones is 1. The molecule has 1 aromatic rings. The molecule has 0 radical (unpaired) electrons. The van der Waals surface area contributed by atoms with E-state index in [2.05, 4.69) is 5.32 Å². The largest absolute Gasteiger partial charge is 0.340 e. The van der Waals surface area contributed by atoms with Crippen molar-refractivity contribution in [3.05, 3.63) is 35.4 Å². The first-order chi connectivity index (χ1) is 7.85. The van der Waals surface area contributed by atoms with Gasteiger partial charge < -0.3 is 10.1 Å². The highest BCUT2D eigenvalue weighted by molar-refractivity contribution is 5.98. The Morgan fingerprint density at radius 2 is 1.59 bits per heavy atom. The van der Waals surface area contributed by atoms with Crippen molar-refractivity contribution in [2.45, 2.75) is 26.3 Å². The molecule has 0 spiro atoms. The molecular weight excluding hydrogens is 218 g/mol. The topological polar surface area (TPSA) is 63.2 Å². The fourth-order valence-corrected chi connectivity index (χ4v) is 1.25. The monoisotopic (exact) mass is 233 g/mol. The van der Waals surface area contributed by atoms with Crippen LogP contribution in [0.5, 0.6) is 0 Å². The van der Waals surface area contributed by atoms with E-state index in [1.54, 1.807) is 38.1 Å². The molecule has 1 amide bonds. The molecule has 0 aromatic heterocycles.